The van der Waals surface area contributed by atoms with E-state index in [1.54, 1.807) is 0 Å². The van der Waals surface area contributed by atoms with E-state index in [4.69, 9.17) is 5.11 Å². The van der Waals surface area contributed by atoms with Gasteiger partial charge in [0.2, 0.25) is 0 Å². The first-order valence-corrected chi connectivity index (χ1v) is 5.55. The molecule has 0 bridgehead atoms. The quantitative estimate of drug-likeness (QED) is 0.799. The largest absolute Gasteiger partial charge is 0.480 e. The molecular weight excluding hydrogens is 314 g/mol. The number of rotatable bonds is 3. The Bertz CT molecular complexity index is 473. The monoisotopic (exact) mass is 322 g/mol. The molecule has 0 fully saturated rings. The van der Waals surface area contributed by atoms with Gasteiger partial charge in [0.1, 0.15) is 11.9 Å². The van der Waals surface area contributed by atoms with Crippen LogP contribution in [-0.4, -0.2) is 23.1 Å². The topological polar surface area (TPSA) is 78.4 Å². The SMILES string of the molecule is CC(NC(=O)Nc1c(F)cc(F)cc1Br)C(=O)O. The molecule has 1 rings (SSSR count). The van der Waals surface area contributed by atoms with Crippen LogP contribution in [0.25, 0.3) is 0 Å². The van der Waals surface area contributed by atoms with Crippen LogP contribution >= 0.6 is 15.9 Å². The highest BCUT2D eigenvalue weighted by Crippen LogP contribution is 2.26. The lowest BCUT2D eigenvalue weighted by atomic mass is 10.3. The van der Waals surface area contributed by atoms with Crippen LogP contribution in [0.2, 0.25) is 0 Å². The zero-order chi connectivity index (χ0) is 13.9. The van der Waals surface area contributed by atoms with Gasteiger partial charge in [-0.15, -0.1) is 0 Å². The van der Waals surface area contributed by atoms with Crippen molar-refractivity contribution in [2.75, 3.05) is 5.32 Å². The van der Waals surface area contributed by atoms with Crippen LogP contribution in [0.3, 0.4) is 0 Å². The van der Waals surface area contributed by atoms with Gasteiger partial charge in [0.05, 0.1) is 5.69 Å². The molecule has 18 heavy (non-hydrogen) atoms. The third-order valence-corrected chi connectivity index (χ3v) is 2.59. The number of hydrogen-bond donors (Lipinski definition) is 3. The molecule has 8 heteroatoms. The molecule has 3 N–H and O–H groups in total. The number of hydrogen-bond acceptors (Lipinski definition) is 2. The van der Waals surface area contributed by atoms with Crippen LogP contribution < -0.4 is 10.6 Å². The van der Waals surface area contributed by atoms with Crippen molar-refractivity contribution in [2.24, 2.45) is 0 Å². The molecule has 98 valence electrons. The van der Waals surface area contributed by atoms with E-state index in [0.29, 0.717) is 6.07 Å². The fourth-order valence-corrected chi connectivity index (χ4v) is 1.58. The van der Waals surface area contributed by atoms with Gasteiger partial charge in [0.15, 0.2) is 5.82 Å². The minimum Gasteiger partial charge on any atom is -0.480 e. The van der Waals surface area contributed by atoms with Crippen LogP contribution in [0.1, 0.15) is 6.92 Å². The van der Waals surface area contributed by atoms with Crippen molar-refractivity contribution >= 4 is 33.6 Å². The number of urea groups is 1. The molecule has 0 saturated carbocycles. The minimum atomic E-state index is -1.23. The average molecular weight is 323 g/mol. The highest BCUT2D eigenvalue weighted by Gasteiger charge is 2.16. The molecule has 0 aliphatic carbocycles. The number of amides is 2. The molecule has 0 heterocycles. The van der Waals surface area contributed by atoms with Gasteiger partial charge in [-0.1, -0.05) is 0 Å². The molecule has 1 unspecified atom stereocenters. The van der Waals surface area contributed by atoms with Gasteiger partial charge in [0, 0.05) is 10.5 Å². The fraction of sp³-hybridized carbons (Fsp3) is 0.200. The minimum absolute atomic E-state index is 0.0122. The van der Waals surface area contributed by atoms with Crippen molar-refractivity contribution in [1.82, 2.24) is 5.32 Å². The molecule has 0 saturated heterocycles. The Balaban J connectivity index is 2.80. The first-order chi connectivity index (χ1) is 8.31. The van der Waals surface area contributed by atoms with Gasteiger partial charge < -0.3 is 15.7 Å². The van der Waals surface area contributed by atoms with Gasteiger partial charge in [-0.05, 0) is 28.9 Å². The maximum Gasteiger partial charge on any atom is 0.325 e. The molecule has 1 aromatic rings. The molecule has 1 aromatic carbocycles. The fourth-order valence-electron chi connectivity index (χ4n) is 1.07. The predicted octanol–water partition coefficient (Wildman–Crippen LogP) is 2.32. The molecule has 0 aliphatic rings. The van der Waals surface area contributed by atoms with Crippen molar-refractivity contribution < 1.29 is 23.5 Å². The molecule has 0 radical (unpaired) electrons. The van der Waals surface area contributed by atoms with Gasteiger partial charge in [-0.2, -0.15) is 0 Å². The standard InChI is InChI=1S/C10H9BrF2N2O3/c1-4(9(16)17)14-10(18)15-8-6(11)2-5(12)3-7(8)13/h2-4H,1H3,(H,16,17)(H2,14,15,18). The zero-order valence-corrected chi connectivity index (χ0v) is 10.7. The Morgan fingerprint density at radius 1 is 1.39 bits per heavy atom. The first kappa shape index (κ1) is 14.4. The number of carboxylic acid groups (broad SMARTS) is 1. The molecule has 0 aromatic heterocycles. The van der Waals surface area contributed by atoms with Crippen LogP contribution in [-0.2, 0) is 4.79 Å². The normalized spacial score (nSPS) is 11.8. The van der Waals surface area contributed by atoms with E-state index in [0.717, 1.165) is 6.07 Å². The summed E-state index contributed by atoms with van der Waals surface area (Å²) in [6, 6.07) is -0.469. The Morgan fingerprint density at radius 2 is 2.00 bits per heavy atom. The maximum absolute atomic E-state index is 13.3. The average Bonchev–Trinajstić information content (AvgIpc) is 2.23. The number of halogens is 3. The van der Waals surface area contributed by atoms with Crippen LogP contribution in [0, 0.1) is 11.6 Å². The molecule has 1 atom stereocenters. The molecular formula is C10H9BrF2N2O3. The van der Waals surface area contributed by atoms with Gasteiger partial charge >= 0.3 is 12.0 Å². The number of carbonyl (C=O) groups is 2. The zero-order valence-electron chi connectivity index (χ0n) is 9.13. The second kappa shape index (κ2) is 5.76. The Kier molecular flexibility index (Phi) is 4.60. The number of benzene rings is 1. The maximum atomic E-state index is 13.3. The summed E-state index contributed by atoms with van der Waals surface area (Å²) in [6.45, 7) is 1.25. The van der Waals surface area contributed by atoms with Crippen molar-refractivity contribution in [3.8, 4) is 0 Å². The van der Waals surface area contributed by atoms with Gasteiger partial charge in [-0.3, -0.25) is 4.79 Å². The summed E-state index contributed by atoms with van der Waals surface area (Å²) in [5.41, 5.74) is -0.272. The van der Waals surface area contributed by atoms with E-state index in [2.05, 4.69) is 26.6 Å². The third-order valence-electron chi connectivity index (χ3n) is 1.96. The first-order valence-electron chi connectivity index (χ1n) is 4.76. The van der Waals surface area contributed by atoms with E-state index in [9.17, 15) is 18.4 Å². The van der Waals surface area contributed by atoms with Gasteiger partial charge in [0.25, 0.3) is 0 Å². The van der Waals surface area contributed by atoms with Crippen molar-refractivity contribution in [2.45, 2.75) is 13.0 Å². The van der Waals surface area contributed by atoms with E-state index < -0.39 is 29.7 Å². The lowest BCUT2D eigenvalue weighted by Gasteiger charge is -2.12. The summed E-state index contributed by atoms with van der Waals surface area (Å²) in [6.07, 6.45) is 0. The third kappa shape index (κ3) is 3.66. The van der Waals surface area contributed by atoms with Crippen LogP contribution in [0.15, 0.2) is 16.6 Å². The van der Waals surface area contributed by atoms with E-state index in [1.165, 1.54) is 6.92 Å². The highest BCUT2D eigenvalue weighted by molar-refractivity contribution is 9.10. The summed E-state index contributed by atoms with van der Waals surface area (Å²) >= 11 is 2.88. The number of nitrogens with one attached hydrogen (secondary N) is 2. The Hall–Kier alpha value is -1.70. The molecule has 2 amide bonds. The summed E-state index contributed by atoms with van der Waals surface area (Å²) in [5, 5.41) is 12.7. The van der Waals surface area contributed by atoms with Crippen LogP contribution in [0.4, 0.5) is 19.3 Å². The molecule has 5 nitrogen and oxygen atoms in total. The molecule has 0 aliphatic heterocycles. The van der Waals surface area contributed by atoms with E-state index >= 15 is 0 Å². The smallest absolute Gasteiger partial charge is 0.325 e. The summed E-state index contributed by atoms with van der Waals surface area (Å²) < 4.78 is 26.1. The molecule has 0 spiro atoms. The lowest BCUT2D eigenvalue weighted by Crippen LogP contribution is -2.41. The van der Waals surface area contributed by atoms with Crippen molar-refractivity contribution in [1.29, 1.82) is 0 Å². The summed E-state index contributed by atoms with van der Waals surface area (Å²) in [7, 11) is 0. The van der Waals surface area contributed by atoms with E-state index in [1.807, 2.05) is 0 Å². The van der Waals surface area contributed by atoms with Gasteiger partial charge in [-0.25, -0.2) is 13.6 Å². The van der Waals surface area contributed by atoms with Crippen molar-refractivity contribution in [3.05, 3.63) is 28.2 Å². The number of anilines is 1. The Morgan fingerprint density at radius 3 is 2.50 bits per heavy atom. The second-order valence-corrected chi connectivity index (χ2v) is 4.26. The Labute approximate surface area is 109 Å². The number of aliphatic carboxylic acids is 1. The van der Waals surface area contributed by atoms with Crippen molar-refractivity contribution in [3.63, 3.8) is 0 Å². The summed E-state index contributed by atoms with van der Waals surface area (Å²) in [5.74, 6) is -3.01. The second-order valence-electron chi connectivity index (χ2n) is 3.40. The highest BCUT2D eigenvalue weighted by atomic mass is 79.9. The lowest BCUT2D eigenvalue weighted by molar-refractivity contribution is -0.138. The number of carbonyl (C=O) groups excluding carboxylic acids is 1. The predicted molar refractivity (Wildman–Crippen MR) is 63.3 cm³/mol. The van der Waals surface area contributed by atoms with Crippen LogP contribution in [0.5, 0.6) is 0 Å². The number of carboxylic acids is 1. The van der Waals surface area contributed by atoms with E-state index in [-0.39, 0.29) is 10.2 Å². The summed E-state index contributed by atoms with van der Waals surface area (Å²) in [4.78, 5) is 21.8.